The van der Waals surface area contributed by atoms with Crippen LogP contribution >= 0.6 is 27.5 Å². The zero-order valence-corrected chi connectivity index (χ0v) is 12.8. The molecule has 2 nitrogen and oxygen atoms in total. The van der Waals surface area contributed by atoms with Crippen LogP contribution in [0.25, 0.3) is 0 Å². The molecule has 0 saturated carbocycles. The lowest BCUT2D eigenvalue weighted by atomic mass is 10.2. The average molecular weight is 339 g/mol. The standard InChI is InChI=1S/C15H13BrClNO/c1-2-18(14-6-4-3-5-7-14)15(19)11-8-12(16)10-13(17)9-11/h3-10H,2H2,1H3. The summed E-state index contributed by atoms with van der Waals surface area (Å²) in [6.07, 6.45) is 0. The van der Waals surface area contributed by atoms with E-state index in [0.717, 1.165) is 10.2 Å². The Kier molecular flexibility index (Phi) is 4.61. The predicted octanol–water partition coefficient (Wildman–Crippen LogP) is 4.77. The van der Waals surface area contributed by atoms with Gasteiger partial charge in [0.05, 0.1) is 0 Å². The maximum atomic E-state index is 12.5. The summed E-state index contributed by atoms with van der Waals surface area (Å²) in [5.41, 5.74) is 1.45. The van der Waals surface area contributed by atoms with Crippen molar-refractivity contribution in [1.82, 2.24) is 0 Å². The smallest absolute Gasteiger partial charge is 0.258 e. The normalized spacial score (nSPS) is 10.3. The van der Waals surface area contributed by atoms with Gasteiger partial charge in [0.25, 0.3) is 5.91 Å². The summed E-state index contributed by atoms with van der Waals surface area (Å²) in [5.74, 6) is -0.0584. The van der Waals surface area contributed by atoms with Gasteiger partial charge in [-0.3, -0.25) is 4.79 Å². The number of benzene rings is 2. The molecule has 98 valence electrons. The Bertz CT molecular complexity index is 566. The topological polar surface area (TPSA) is 20.3 Å². The van der Waals surface area contributed by atoms with Crippen molar-refractivity contribution in [2.75, 3.05) is 11.4 Å². The van der Waals surface area contributed by atoms with Gasteiger partial charge in [0.1, 0.15) is 0 Å². The second-order valence-electron chi connectivity index (χ2n) is 4.04. The maximum Gasteiger partial charge on any atom is 0.258 e. The van der Waals surface area contributed by atoms with Crippen molar-refractivity contribution >= 4 is 39.1 Å². The lowest BCUT2D eigenvalue weighted by molar-refractivity contribution is 0.0988. The lowest BCUT2D eigenvalue weighted by Crippen LogP contribution is -2.30. The van der Waals surface area contributed by atoms with Crippen LogP contribution in [-0.4, -0.2) is 12.5 Å². The molecule has 0 fully saturated rings. The Hall–Kier alpha value is -1.32. The number of hydrogen-bond donors (Lipinski definition) is 0. The summed E-state index contributed by atoms with van der Waals surface area (Å²) in [7, 11) is 0. The number of halogens is 2. The van der Waals surface area contributed by atoms with Crippen LogP contribution in [0.15, 0.2) is 53.0 Å². The van der Waals surface area contributed by atoms with Crippen LogP contribution in [0.1, 0.15) is 17.3 Å². The molecule has 0 aliphatic rings. The van der Waals surface area contributed by atoms with Crippen molar-refractivity contribution in [2.45, 2.75) is 6.92 Å². The highest BCUT2D eigenvalue weighted by atomic mass is 79.9. The summed E-state index contributed by atoms with van der Waals surface area (Å²) >= 11 is 9.34. The Labute approximate surface area is 126 Å². The zero-order valence-electron chi connectivity index (χ0n) is 10.4. The van der Waals surface area contributed by atoms with Gasteiger partial charge in [-0.15, -0.1) is 0 Å². The van der Waals surface area contributed by atoms with Crippen molar-refractivity contribution in [3.05, 3.63) is 63.6 Å². The predicted molar refractivity (Wildman–Crippen MR) is 82.9 cm³/mol. The molecule has 0 heterocycles. The van der Waals surface area contributed by atoms with Gasteiger partial charge in [-0.05, 0) is 37.3 Å². The van der Waals surface area contributed by atoms with E-state index < -0.39 is 0 Å². The Balaban J connectivity index is 2.36. The highest BCUT2D eigenvalue weighted by Gasteiger charge is 2.16. The SMILES string of the molecule is CCN(C(=O)c1cc(Cl)cc(Br)c1)c1ccccc1. The molecule has 0 unspecified atom stereocenters. The number of nitrogens with zero attached hydrogens (tertiary/aromatic N) is 1. The molecule has 0 aliphatic carbocycles. The van der Waals surface area contributed by atoms with E-state index in [-0.39, 0.29) is 5.91 Å². The number of hydrogen-bond acceptors (Lipinski definition) is 1. The Morgan fingerprint density at radius 1 is 1.21 bits per heavy atom. The van der Waals surface area contributed by atoms with Crippen molar-refractivity contribution < 1.29 is 4.79 Å². The summed E-state index contributed by atoms with van der Waals surface area (Å²) in [5, 5.41) is 0.543. The second-order valence-corrected chi connectivity index (χ2v) is 5.40. The van der Waals surface area contributed by atoms with E-state index in [4.69, 9.17) is 11.6 Å². The van der Waals surface area contributed by atoms with Gasteiger partial charge in [-0.25, -0.2) is 0 Å². The minimum absolute atomic E-state index is 0.0584. The van der Waals surface area contributed by atoms with Crippen molar-refractivity contribution in [1.29, 1.82) is 0 Å². The van der Waals surface area contributed by atoms with Crippen LogP contribution in [0.5, 0.6) is 0 Å². The third-order valence-electron chi connectivity index (χ3n) is 2.74. The van der Waals surface area contributed by atoms with E-state index in [1.165, 1.54) is 0 Å². The number of amides is 1. The third-order valence-corrected chi connectivity index (χ3v) is 3.41. The molecule has 0 atom stereocenters. The number of anilines is 1. The molecule has 2 rings (SSSR count). The van der Waals surface area contributed by atoms with Crippen LogP contribution in [0.2, 0.25) is 5.02 Å². The number of carbonyl (C=O) groups is 1. The van der Waals surface area contributed by atoms with E-state index in [9.17, 15) is 4.79 Å². The van der Waals surface area contributed by atoms with Gasteiger partial charge in [0.2, 0.25) is 0 Å². The molecule has 4 heteroatoms. The first kappa shape index (κ1) is 14.1. The third kappa shape index (κ3) is 3.37. The minimum atomic E-state index is -0.0584. The van der Waals surface area contributed by atoms with Gasteiger partial charge in [-0.2, -0.15) is 0 Å². The zero-order chi connectivity index (χ0) is 13.8. The van der Waals surface area contributed by atoms with Crippen LogP contribution in [0, 0.1) is 0 Å². The highest BCUT2D eigenvalue weighted by Crippen LogP contribution is 2.22. The fourth-order valence-corrected chi connectivity index (χ4v) is 2.74. The second kappa shape index (κ2) is 6.22. The van der Waals surface area contributed by atoms with Crippen LogP contribution in [0.4, 0.5) is 5.69 Å². The fourth-order valence-electron chi connectivity index (χ4n) is 1.88. The summed E-state index contributed by atoms with van der Waals surface area (Å²) in [6.45, 7) is 2.55. The van der Waals surface area contributed by atoms with E-state index in [2.05, 4.69) is 15.9 Å². The summed E-state index contributed by atoms with van der Waals surface area (Å²) in [4.78, 5) is 14.2. The van der Waals surface area contributed by atoms with E-state index in [1.54, 1.807) is 23.1 Å². The fraction of sp³-hybridized carbons (Fsp3) is 0.133. The van der Waals surface area contributed by atoms with Gasteiger partial charge in [0, 0.05) is 27.3 Å². The molecule has 0 aliphatic heterocycles. The van der Waals surface area contributed by atoms with Crippen LogP contribution in [0.3, 0.4) is 0 Å². The molecule has 2 aromatic rings. The van der Waals surface area contributed by atoms with Crippen LogP contribution < -0.4 is 4.90 Å². The van der Waals surface area contributed by atoms with Crippen LogP contribution in [-0.2, 0) is 0 Å². The maximum absolute atomic E-state index is 12.5. The molecule has 19 heavy (non-hydrogen) atoms. The van der Waals surface area contributed by atoms with Gasteiger partial charge in [-0.1, -0.05) is 45.7 Å². The number of carbonyl (C=O) groups excluding carboxylic acids is 1. The molecule has 0 N–H and O–H groups in total. The average Bonchev–Trinajstić information content (AvgIpc) is 2.39. The Morgan fingerprint density at radius 2 is 1.89 bits per heavy atom. The molecule has 0 spiro atoms. The van der Waals surface area contributed by atoms with Crippen molar-refractivity contribution in [3.63, 3.8) is 0 Å². The quantitative estimate of drug-likeness (QED) is 0.789. The molecular formula is C15H13BrClNO. The molecular weight excluding hydrogens is 326 g/mol. The number of para-hydroxylation sites is 1. The lowest BCUT2D eigenvalue weighted by Gasteiger charge is -2.21. The monoisotopic (exact) mass is 337 g/mol. The molecule has 2 aromatic carbocycles. The van der Waals surface area contributed by atoms with E-state index in [1.807, 2.05) is 37.3 Å². The van der Waals surface area contributed by atoms with Crippen molar-refractivity contribution in [3.8, 4) is 0 Å². The van der Waals surface area contributed by atoms with Gasteiger partial charge in [0.15, 0.2) is 0 Å². The van der Waals surface area contributed by atoms with E-state index >= 15 is 0 Å². The molecule has 0 saturated heterocycles. The summed E-state index contributed by atoms with van der Waals surface area (Å²) in [6, 6.07) is 14.8. The molecule has 0 aromatic heterocycles. The molecule has 1 amide bonds. The minimum Gasteiger partial charge on any atom is -0.309 e. The van der Waals surface area contributed by atoms with E-state index in [0.29, 0.717) is 17.1 Å². The first-order valence-corrected chi connectivity index (χ1v) is 7.12. The first-order chi connectivity index (χ1) is 9.11. The van der Waals surface area contributed by atoms with Crippen molar-refractivity contribution in [2.24, 2.45) is 0 Å². The molecule has 0 bridgehead atoms. The highest BCUT2D eigenvalue weighted by molar-refractivity contribution is 9.10. The largest absolute Gasteiger partial charge is 0.309 e. The number of rotatable bonds is 3. The summed E-state index contributed by atoms with van der Waals surface area (Å²) < 4.78 is 0.799. The van der Waals surface area contributed by atoms with Gasteiger partial charge < -0.3 is 4.90 Å². The Morgan fingerprint density at radius 3 is 2.47 bits per heavy atom. The molecule has 0 radical (unpaired) electrons. The first-order valence-electron chi connectivity index (χ1n) is 5.95. The van der Waals surface area contributed by atoms with Gasteiger partial charge >= 0.3 is 0 Å².